The summed E-state index contributed by atoms with van der Waals surface area (Å²) >= 11 is 0. The maximum absolute atomic E-state index is 16.2. The van der Waals surface area contributed by atoms with Crippen LogP contribution in [0.15, 0.2) is 36.7 Å². The van der Waals surface area contributed by atoms with Crippen molar-refractivity contribution in [1.29, 1.82) is 0 Å². The molecule has 1 saturated heterocycles. The van der Waals surface area contributed by atoms with Gasteiger partial charge in [-0.3, -0.25) is 13.9 Å². The molecule has 0 bridgehead atoms. The molecule has 17 heteroatoms. The number of anilines is 1. The number of rotatable bonds is 13. The Kier molecular flexibility index (Phi) is 9.57. The molecule has 0 radical (unpaired) electrons. The number of nitrogens with two attached hydrogens (primary N) is 1. The molecule has 1 aliphatic heterocycles. The Morgan fingerprint density at radius 1 is 1.26 bits per heavy atom. The Morgan fingerprint density at radius 3 is 2.60 bits per heavy atom. The summed E-state index contributed by atoms with van der Waals surface area (Å²) in [7, 11) is -4.58. The van der Waals surface area contributed by atoms with Crippen molar-refractivity contribution in [3.63, 3.8) is 0 Å². The predicted octanol–water partition coefficient (Wildman–Crippen LogP) is 3.47. The van der Waals surface area contributed by atoms with E-state index in [0.717, 1.165) is 17.8 Å². The molecule has 0 saturated carbocycles. The number of nitrogen functional groups attached to an aromatic ring is 1. The number of esters is 1. The minimum absolute atomic E-state index is 0.0174. The van der Waals surface area contributed by atoms with E-state index in [2.05, 4.69) is 20.0 Å². The number of alkyl halides is 2. The summed E-state index contributed by atoms with van der Waals surface area (Å²) in [4.78, 5) is 24.6. The van der Waals surface area contributed by atoms with Crippen LogP contribution in [0.2, 0.25) is 0 Å². The average molecular weight is 629 g/mol. The number of fused-ring (bicyclic) bond motifs is 1. The smallest absolute Gasteiger partial charge is 0.459 e. The van der Waals surface area contributed by atoms with Gasteiger partial charge in [-0.1, -0.05) is 32.0 Å². The van der Waals surface area contributed by atoms with E-state index in [1.54, 1.807) is 25.1 Å². The van der Waals surface area contributed by atoms with E-state index in [1.807, 2.05) is 13.8 Å². The standard InChI is InChI=1S/C26H35F2N6O8P/c1-6-38-20-18-19(31-24(29)32-20)34(14-30-18)23-25(5,27)22(36)26(28,41-23)13-40-43(37,42-17-10-8-7-9-11-17)33-16(4)21(35)39-12-15(2)3/h7-11,14-16,22-23,36H,6,12-13H2,1-5H3,(H,33,37)(H2,29,31,32)/t16-,22-,23?,25+,26+,43?/m0/s1. The minimum atomic E-state index is -4.58. The lowest BCUT2D eigenvalue weighted by atomic mass is 9.97. The molecule has 2 unspecified atom stereocenters. The van der Waals surface area contributed by atoms with Gasteiger partial charge in [-0.05, 0) is 38.8 Å². The summed E-state index contributed by atoms with van der Waals surface area (Å²) in [6.45, 7) is 6.69. The van der Waals surface area contributed by atoms with Crippen molar-refractivity contribution in [3.8, 4) is 11.6 Å². The maximum atomic E-state index is 16.2. The number of para-hydroxylation sites is 1. The first-order valence-electron chi connectivity index (χ1n) is 13.5. The number of ether oxygens (including phenoxy) is 3. The van der Waals surface area contributed by atoms with Gasteiger partial charge in [-0.2, -0.15) is 15.1 Å². The SMILES string of the molecule is CCOc1nc(N)nc2c1ncn2C1O[C@](F)(COP(=O)(N[C@@H](C)C(=O)OCC(C)C)Oc2ccccc2)[C@@H](O)[C@@]1(C)F. The highest BCUT2D eigenvalue weighted by molar-refractivity contribution is 7.52. The first kappa shape index (κ1) is 32.5. The topological polar surface area (TPSA) is 182 Å². The fourth-order valence-corrected chi connectivity index (χ4v) is 5.73. The summed E-state index contributed by atoms with van der Waals surface area (Å²) in [6.07, 6.45) is -3.18. The molecule has 1 aliphatic rings. The number of carbonyl (C=O) groups is 1. The Morgan fingerprint density at radius 2 is 1.95 bits per heavy atom. The van der Waals surface area contributed by atoms with Gasteiger partial charge in [0.2, 0.25) is 11.8 Å². The number of nitrogens with one attached hydrogen (secondary N) is 1. The monoisotopic (exact) mass is 628 g/mol. The molecule has 4 rings (SSSR count). The molecule has 14 nitrogen and oxygen atoms in total. The molecule has 236 valence electrons. The maximum Gasteiger partial charge on any atom is 0.459 e. The van der Waals surface area contributed by atoms with Crippen LogP contribution in [0.25, 0.3) is 11.2 Å². The Labute approximate surface area is 246 Å². The summed E-state index contributed by atoms with van der Waals surface area (Å²) in [6, 6.07) is 6.53. The molecule has 0 spiro atoms. The van der Waals surface area contributed by atoms with Crippen molar-refractivity contribution in [1.82, 2.24) is 24.6 Å². The van der Waals surface area contributed by atoms with Gasteiger partial charge in [0.25, 0.3) is 5.85 Å². The van der Waals surface area contributed by atoms with Crippen molar-refractivity contribution in [2.24, 2.45) is 5.92 Å². The van der Waals surface area contributed by atoms with Gasteiger partial charge in [0, 0.05) is 0 Å². The van der Waals surface area contributed by atoms with Gasteiger partial charge < -0.3 is 29.6 Å². The number of aromatic nitrogens is 4. The molecule has 43 heavy (non-hydrogen) atoms. The molecule has 6 atom stereocenters. The summed E-state index contributed by atoms with van der Waals surface area (Å²) in [5.74, 6) is -4.14. The van der Waals surface area contributed by atoms with E-state index in [-0.39, 0.29) is 47.9 Å². The molecule has 0 aliphatic carbocycles. The fraction of sp³-hybridized carbons (Fsp3) is 0.538. The van der Waals surface area contributed by atoms with E-state index in [9.17, 15) is 14.5 Å². The van der Waals surface area contributed by atoms with Crippen LogP contribution in [0.4, 0.5) is 14.7 Å². The zero-order valence-corrected chi connectivity index (χ0v) is 25.2. The lowest BCUT2D eigenvalue weighted by molar-refractivity contribution is -0.202. The van der Waals surface area contributed by atoms with Crippen LogP contribution in [0.1, 0.15) is 40.8 Å². The number of halogens is 2. The second-order valence-corrected chi connectivity index (χ2v) is 12.2. The van der Waals surface area contributed by atoms with Gasteiger partial charge in [0.15, 0.2) is 29.2 Å². The number of benzene rings is 1. The zero-order valence-electron chi connectivity index (χ0n) is 24.3. The van der Waals surface area contributed by atoms with Crippen LogP contribution in [-0.4, -0.2) is 74.1 Å². The van der Waals surface area contributed by atoms with Crippen LogP contribution in [-0.2, 0) is 23.4 Å². The van der Waals surface area contributed by atoms with Crippen LogP contribution in [0, 0.1) is 5.92 Å². The van der Waals surface area contributed by atoms with Gasteiger partial charge in [-0.15, -0.1) is 0 Å². The van der Waals surface area contributed by atoms with Crippen molar-refractivity contribution in [2.45, 2.75) is 64.5 Å². The third-order valence-corrected chi connectivity index (χ3v) is 7.96. The van der Waals surface area contributed by atoms with E-state index < -0.39 is 50.2 Å². The molecular formula is C26H35F2N6O8P. The minimum Gasteiger partial charge on any atom is -0.476 e. The van der Waals surface area contributed by atoms with E-state index in [0.29, 0.717) is 0 Å². The van der Waals surface area contributed by atoms with Gasteiger partial charge in [-0.25, -0.2) is 18.3 Å². The number of nitrogens with zero attached hydrogens (tertiary/aromatic N) is 4. The zero-order chi connectivity index (χ0) is 31.6. The molecule has 0 amide bonds. The normalized spacial score (nSPS) is 25.9. The lowest BCUT2D eigenvalue weighted by Crippen LogP contribution is -2.47. The van der Waals surface area contributed by atoms with E-state index >= 15 is 8.78 Å². The van der Waals surface area contributed by atoms with Crippen LogP contribution < -0.4 is 20.1 Å². The third kappa shape index (κ3) is 7.04. The van der Waals surface area contributed by atoms with Crippen molar-refractivity contribution < 1.29 is 46.5 Å². The predicted molar refractivity (Wildman–Crippen MR) is 149 cm³/mol. The molecule has 1 aromatic carbocycles. The van der Waals surface area contributed by atoms with E-state index in [1.165, 1.54) is 19.1 Å². The molecule has 3 aromatic rings. The highest BCUT2D eigenvalue weighted by atomic mass is 31.2. The second kappa shape index (κ2) is 12.7. The Hall–Kier alpha value is -3.43. The molecule has 4 N–H and O–H groups in total. The highest BCUT2D eigenvalue weighted by Crippen LogP contribution is 2.52. The fourth-order valence-electron chi connectivity index (χ4n) is 4.23. The lowest BCUT2D eigenvalue weighted by Gasteiger charge is -2.28. The van der Waals surface area contributed by atoms with E-state index in [4.69, 9.17) is 29.0 Å². The van der Waals surface area contributed by atoms with Crippen molar-refractivity contribution in [3.05, 3.63) is 36.7 Å². The number of aliphatic hydroxyl groups is 1. The summed E-state index contributed by atoms with van der Waals surface area (Å²) < 4.78 is 74.0. The average Bonchev–Trinajstić information content (AvgIpc) is 3.44. The number of aliphatic hydroxyl groups excluding tert-OH is 1. The van der Waals surface area contributed by atoms with Crippen LogP contribution >= 0.6 is 7.75 Å². The molecule has 1 fully saturated rings. The Bertz CT molecular complexity index is 1480. The number of carbonyl (C=O) groups excluding carboxylic acids is 1. The third-order valence-electron chi connectivity index (χ3n) is 6.34. The first-order chi connectivity index (χ1) is 20.2. The largest absolute Gasteiger partial charge is 0.476 e. The first-order valence-corrected chi connectivity index (χ1v) is 15.0. The summed E-state index contributed by atoms with van der Waals surface area (Å²) in [5.41, 5.74) is 3.04. The van der Waals surface area contributed by atoms with Gasteiger partial charge in [0.1, 0.15) is 18.4 Å². The highest BCUT2D eigenvalue weighted by Gasteiger charge is 2.65. The van der Waals surface area contributed by atoms with Crippen molar-refractivity contribution in [2.75, 3.05) is 25.6 Å². The van der Waals surface area contributed by atoms with Gasteiger partial charge in [0.05, 0.1) is 19.5 Å². The van der Waals surface area contributed by atoms with Crippen LogP contribution in [0.5, 0.6) is 11.6 Å². The number of hydrogen-bond acceptors (Lipinski definition) is 12. The molecule has 2 aromatic heterocycles. The van der Waals surface area contributed by atoms with Crippen molar-refractivity contribution >= 4 is 30.8 Å². The number of hydrogen-bond donors (Lipinski definition) is 3. The summed E-state index contributed by atoms with van der Waals surface area (Å²) in [5, 5.41) is 13.2. The van der Waals surface area contributed by atoms with Crippen LogP contribution in [0.3, 0.4) is 0 Å². The van der Waals surface area contributed by atoms with Gasteiger partial charge >= 0.3 is 13.7 Å². The second-order valence-electron chi connectivity index (χ2n) is 10.5. The number of imidazole rings is 1. The molecular weight excluding hydrogens is 593 g/mol. The molecule has 3 heterocycles. The quantitative estimate of drug-likeness (QED) is 0.185. The Balaban J connectivity index is 1.59.